The first-order chi connectivity index (χ1) is 15.7. The summed E-state index contributed by atoms with van der Waals surface area (Å²) in [6.45, 7) is 6.21. The number of rotatable bonds is 6. The number of nitrogens with one attached hydrogen (secondary N) is 2. The molecule has 2 N–H and O–H groups in total. The lowest BCUT2D eigenvalue weighted by Gasteiger charge is -2.28. The van der Waals surface area contributed by atoms with Crippen LogP contribution in [-0.4, -0.2) is 37.4 Å². The highest BCUT2D eigenvalue weighted by Crippen LogP contribution is 2.26. The zero-order valence-electron chi connectivity index (χ0n) is 18.5. The topological polar surface area (TPSA) is 83.3 Å². The molecule has 0 aliphatic carbocycles. The lowest BCUT2D eigenvalue weighted by atomic mass is 10.1. The van der Waals surface area contributed by atoms with E-state index in [9.17, 15) is 0 Å². The first-order valence-corrected chi connectivity index (χ1v) is 11.2. The molecule has 0 bridgehead atoms. The Labute approximate surface area is 187 Å². The van der Waals surface area contributed by atoms with Gasteiger partial charge in [0.05, 0.1) is 0 Å². The van der Waals surface area contributed by atoms with Crippen LogP contribution in [0.2, 0.25) is 0 Å². The van der Waals surface area contributed by atoms with Gasteiger partial charge in [0, 0.05) is 55.2 Å². The molecule has 1 aliphatic rings. The van der Waals surface area contributed by atoms with Crippen molar-refractivity contribution in [3.05, 3.63) is 60.2 Å². The van der Waals surface area contributed by atoms with Crippen molar-refractivity contribution in [1.82, 2.24) is 24.3 Å². The summed E-state index contributed by atoms with van der Waals surface area (Å²) in [5, 5.41) is 6.77. The van der Waals surface area contributed by atoms with Gasteiger partial charge in [-0.2, -0.15) is 9.97 Å². The molecule has 4 aromatic heterocycles. The number of anilines is 5. The summed E-state index contributed by atoms with van der Waals surface area (Å²) in [7, 11) is 0. The van der Waals surface area contributed by atoms with Gasteiger partial charge in [-0.15, -0.1) is 0 Å². The Morgan fingerprint density at radius 3 is 2.59 bits per heavy atom. The molecule has 0 aromatic carbocycles. The third-order valence-electron chi connectivity index (χ3n) is 5.69. The molecule has 0 amide bonds. The number of hydrogen-bond donors (Lipinski definition) is 2. The predicted molar refractivity (Wildman–Crippen MR) is 128 cm³/mol. The summed E-state index contributed by atoms with van der Waals surface area (Å²) in [6.07, 6.45) is 10.2. The first kappa shape index (κ1) is 20.2. The lowest BCUT2D eigenvalue weighted by Crippen LogP contribution is -2.30. The smallest absolute Gasteiger partial charge is 0.232 e. The second-order valence-corrected chi connectivity index (χ2v) is 8.22. The molecule has 1 aliphatic heterocycles. The van der Waals surface area contributed by atoms with Gasteiger partial charge >= 0.3 is 0 Å². The second-order valence-electron chi connectivity index (χ2n) is 8.22. The van der Waals surface area contributed by atoms with Crippen LogP contribution in [0.15, 0.2) is 48.9 Å². The summed E-state index contributed by atoms with van der Waals surface area (Å²) in [5.74, 6) is 2.97. The second kappa shape index (κ2) is 8.82. The predicted octanol–water partition coefficient (Wildman–Crippen LogP) is 4.87. The largest absolute Gasteiger partial charge is 0.356 e. The van der Waals surface area contributed by atoms with Crippen LogP contribution in [0, 0.1) is 6.92 Å². The van der Waals surface area contributed by atoms with Crippen LogP contribution in [-0.2, 0) is 6.42 Å². The number of pyridine rings is 2. The molecule has 4 aromatic rings. The van der Waals surface area contributed by atoms with Crippen molar-refractivity contribution in [1.29, 1.82) is 0 Å². The van der Waals surface area contributed by atoms with E-state index in [2.05, 4.69) is 40.4 Å². The third-order valence-corrected chi connectivity index (χ3v) is 5.69. The number of piperidine rings is 1. The monoisotopic (exact) mass is 428 g/mol. The van der Waals surface area contributed by atoms with Crippen molar-refractivity contribution in [2.24, 2.45) is 0 Å². The molecule has 1 saturated heterocycles. The number of imidazole rings is 1. The van der Waals surface area contributed by atoms with E-state index in [-0.39, 0.29) is 0 Å². The molecule has 5 rings (SSSR count). The molecule has 0 radical (unpaired) electrons. The number of aryl methyl sites for hydroxylation is 2. The fourth-order valence-electron chi connectivity index (χ4n) is 4.07. The highest BCUT2D eigenvalue weighted by Gasteiger charge is 2.16. The van der Waals surface area contributed by atoms with Crippen LogP contribution in [0.1, 0.15) is 37.4 Å². The van der Waals surface area contributed by atoms with Gasteiger partial charge in [-0.3, -0.25) is 0 Å². The molecule has 8 heteroatoms. The van der Waals surface area contributed by atoms with Crippen molar-refractivity contribution >= 4 is 34.7 Å². The maximum atomic E-state index is 4.83. The minimum Gasteiger partial charge on any atom is -0.356 e. The van der Waals surface area contributed by atoms with Gasteiger partial charge in [0.2, 0.25) is 5.95 Å². The third kappa shape index (κ3) is 4.49. The number of fused-ring (bicyclic) bond motifs is 1. The summed E-state index contributed by atoms with van der Waals surface area (Å²) < 4.78 is 1.98. The standard InChI is InChI=1S/C24H28N8/c1-3-18-13-17(2)14-20(26-18)28-24-29-21(16-23(30-24)31-9-5-4-6-10-31)27-19-7-11-32-12-8-25-22(32)15-19/h7-8,11-16H,3-6,9-10H2,1-2H3,(H2,26,27,28,29,30). The van der Waals surface area contributed by atoms with Gasteiger partial charge in [0.15, 0.2) is 0 Å². The van der Waals surface area contributed by atoms with Gasteiger partial charge in [-0.05, 0) is 56.4 Å². The highest BCUT2D eigenvalue weighted by molar-refractivity contribution is 5.65. The average molecular weight is 429 g/mol. The molecule has 32 heavy (non-hydrogen) atoms. The average Bonchev–Trinajstić information content (AvgIpc) is 3.27. The van der Waals surface area contributed by atoms with Gasteiger partial charge in [0.1, 0.15) is 23.1 Å². The summed E-state index contributed by atoms with van der Waals surface area (Å²) in [6, 6.07) is 10.2. The summed E-state index contributed by atoms with van der Waals surface area (Å²) in [4.78, 5) is 21.0. The fourth-order valence-corrected chi connectivity index (χ4v) is 4.07. The van der Waals surface area contributed by atoms with Crippen LogP contribution in [0.3, 0.4) is 0 Å². The molecule has 0 saturated carbocycles. The summed E-state index contributed by atoms with van der Waals surface area (Å²) >= 11 is 0. The van der Waals surface area contributed by atoms with Crippen LogP contribution < -0.4 is 15.5 Å². The molecule has 8 nitrogen and oxygen atoms in total. The maximum Gasteiger partial charge on any atom is 0.232 e. The minimum absolute atomic E-state index is 0.539. The lowest BCUT2D eigenvalue weighted by molar-refractivity contribution is 0.573. The Balaban J connectivity index is 1.48. The minimum atomic E-state index is 0.539. The van der Waals surface area contributed by atoms with E-state index in [0.29, 0.717) is 5.95 Å². The van der Waals surface area contributed by atoms with E-state index in [1.165, 1.54) is 19.3 Å². The van der Waals surface area contributed by atoms with E-state index in [1.807, 2.05) is 41.1 Å². The molecular formula is C24H28N8. The van der Waals surface area contributed by atoms with Crippen LogP contribution in [0.5, 0.6) is 0 Å². The highest BCUT2D eigenvalue weighted by atomic mass is 15.3. The Kier molecular flexibility index (Phi) is 5.58. The fraction of sp³-hybridized carbons (Fsp3) is 0.333. The van der Waals surface area contributed by atoms with Crippen molar-refractivity contribution in [2.75, 3.05) is 28.6 Å². The molecule has 5 heterocycles. The van der Waals surface area contributed by atoms with E-state index in [1.54, 1.807) is 6.20 Å². The Morgan fingerprint density at radius 1 is 0.906 bits per heavy atom. The number of nitrogens with zero attached hydrogens (tertiary/aromatic N) is 6. The normalized spacial score (nSPS) is 14.0. The zero-order valence-corrected chi connectivity index (χ0v) is 18.5. The quantitative estimate of drug-likeness (QED) is 0.453. The van der Waals surface area contributed by atoms with Gasteiger partial charge < -0.3 is 19.9 Å². The molecule has 0 unspecified atom stereocenters. The number of aromatic nitrogens is 5. The number of hydrogen-bond acceptors (Lipinski definition) is 7. The van der Waals surface area contributed by atoms with Crippen molar-refractivity contribution in [3.8, 4) is 0 Å². The SMILES string of the molecule is CCc1cc(C)cc(Nc2nc(Nc3ccn4ccnc4c3)cc(N3CCCCC3)n2)n1. The maximum absolute atomic E-state index is 4.83. The van der Waals surface area contributed by atoms with Gasteiger partial charge in [-0.25, -0.2) is 9.97 Å². The molecular weight excluding hydrogens is 400 g/mol. The van der Waals surface area contributed by atoms with Gasteiger partial charge in [0.25, 0.3) is 0 Å². The van der Waals surface area contributed by atoms with Crippen LogP contribution in [0.4, 0.5) is 29.1 Å². The zero-order chi connectivity index (χ0) is 21.9. The molecule has 164 valence electrons. The van der Waals surface area contributed by atoms with E-state index >= 15 is 0 Å². The molecule has 0 atom stereocenters. The van der Waals surface area contributed by atoms with E-state index in [0.717, 1.165) is 59.6 Å². The molecule has 1 fully saturated rings. The van der Waals surface area contributed by atoms with Crippen LogP contribution in [0.25, 0.3) is 5.65 Å². The van der Waals surface area contributed by atoms with E-state index < -0.39 is 0 Å². The van der Waals surface area contributed by atoms with Crippen molar-refractivity contribution < 1.29 is 0 Å². The van der Waals surface area contributed by atoms with Crippen LogP contribution >= 0.6 is 0 Å². The summed E-state index contributed by atoms with van der Waals surface area (Å²) in [5.41, 5.74) is 4.03. The first-order valence-electron chi connectivity index (χ1n) is 11.2. The Hall–Kier alpha value is -3.68. The van der Waals surface area contributed by atoms with Crippen molar-refractivity contribution in [3.63, 3.8) is 0 Å². The van der Waals surface area contributed by atoms with Crippen molar-refractivity contribution in [2.45, 2.75) is 39.5 Å². The van der Waals surface area contributed by atoms with Gasteiger partial charge in [-0.1, -0.05) is 6.92 Å². The Bertz CT molecular complexity index is 1230. The molecule has 0 spiro atoms. The Morgan fingerprint density at radius 2 is 1.75 bits per heavy atom. The van der Waals surface area contributed by atoms with E-state index in [4.69, 9.17) is 15.0 Å².